The number of rotatable bonds is 4. The van der Waals surface area contributed by atoms with Crippen LogP contribution < -0.4 is 9.46 Å². The van der Waals surface area contributed by atoms with E-state index in [0.29, 0.717) is 6.07 Å². The molecule has 0 saturated carbocycles. The molecular formula is C14H9Cl3F3NO3S. The second kappa shape index (κ2) is 7.11. The highest BCUT2D eigenvalue weighted by molar-refractivity contribution is 7.92. The molecule has 0 bridgehead atoms. The van der Waals surface area contributed by atoms with Crippen molar-refractivity contribution in [2.45, 2.75) is 11.1 Å². The van der Waals surface area contributed by atoms with E-state index in [1.54, 1.807) is 0 Å². The van der Waals surface area contributed by atoms with Gasteiger partial charge in [0.25, 0.3) is 10.0 Å². The standard InChI is InChI=1S/C14H9Cl3F3NO3S/c1-24-10-4-5-11(13(17)12(10)16)25(22,23)21-9-6-7(14(18,19)20)2-3-8(9)15/h2-6,21H,1H3. The molecular weight excluding hydrogens is 426 g/mol. The number of anilines is 1. The summed E-state index contributed by atoms with van der Waals surface area (Å²) in [4.78, 5) is -0.437. The van der Waals surface area contributed by atoms with Gasteiger partial charge < -0.3 is 4.74 Å². The van der Waals surface area contributed by atoms with E-state index in [2.05, 4.69) is 0 Å². The molecule has 0 spiro atoms. The highest BCUT2D eigenvalue weighted by Crippen LogP contribution is 2.38. The highest BCUT2D eigenvalue weighted by atomic mass is 35.5. The number of sulfonamides is 1. The van der Waals surface area contributed by atoms with Gasteiger partial charge in [0, 0.05) is 0 Å². The number of hydrogen-bond acceptors (Lipinski definition) is 3. The Kier molecular flexibility index (Phi) is 5.68. The molecule has 0 amide bonds. The lowest BCUT2D eigenvalue weighted by Gasteiger charge is -2.14. The zero-order valence-electron chi connectivity index (χ0n) is 12.3. The van der Waals surface area contributed by atoms with Crippen LogP contribution >= 0.6 is 34.8 Å². The number of benzene rings is 2. The van der Waals surface area contributed by atoms with E-state index in [1.807, 2.05) is 4.72 Å². The van der Waals surface area contributed by atoms with Gasteiger partial charge in [-0.1, -0.05) is 34.8 Å². The van der Waals surface area contributed by atoms with Gasteiger partial charge in [0.05, 0.1) is 28.4 Å². The minimum Gasteiger partial charge on any atom is -0.495 e. The molecule has 136 valence electrons. The van der Waals surface area contributed by atoms with Crippen LogP contribution in [0.5, 0.6) is 5.75 Å². The molecule has 2 rings (SSSR count). The van der Waals surface area contributed by atoms with Crippen molar-refractivity contribution in [1.82, 2.24) is 0 Å². The maximum absolute atomic E-state index is 12.8. The summed E-state index contributed by atoms with van der Waals surface area (Å²) in [6.45, 7) is 0. The number of alkyl halides is 3. The monoisotopic (exact) mass is 433 g/mol. The van der Waals surface area contributed by atoms with E-state index in [-0.39, 0.29) is 20.8 Å². The largest absolute Gasteiger partial charge is 0.495 e. The summed E-state index contributed by atoms with van der Waals surface area (Å²) in [5, 5.41) is -0.703. The number of nitrogens with one attached hydrogen (secondary N) is 1. The number of hydrogen-bond donors (Lipinski definition) is 1. The van der Waals surface area contributed by atoms with Crippen molar-refractivity contribution in [2.75, 3.05) is 11.8 Å². The molecule has 11 heteroatoms. The van der Waals surface area contributed by atoms with Gasteiger partial charge >= 0.3 is 6.18 Å². The Hall–Kier alpha value is -1.35. The van der Waals surface area contributed by atoms with Gasteiger partial charge in [-0.2, -0.15) is 13.2 Å². The Labute approximate surface area is 156 Å². The predicted molar refractivity (Wildman–Crippen MR) is 90.3 cm³/mol. The molecule has 0 aliphatic carbocycles. The molecule has 0 saturated heterocycles. The molecule has 0 fully saturated rings. The Morgan fingerprint density at radius 2 is 1.68 bits per heavy atom. The van der Waals surface area contributed by atoms with Gasteiger partial charge in [-0.25, -0.2) is 8.42 Å². The van der Waals surface area contributed by atoms with Crippen LogP contribution in [0.1, 0.15) is 5.56 Å². The second-order valence-corrected chi connectivity index (χ2v) is 7.51. The van der Waals surface area contributed by atoms with Crippen molar-refractivity contribution < 1.29 is 26.3 Å². The fourth-order valence-corrected chi connectivity index (χ4v) is 3.99. The summed E-state index contributed by atoms with van der Waals surface area (Å²) in [5.41, 5.74) is -1.51. The molecule has 0 aliphatic heterocycles. The Morgan fingerprint density at radius 1 is 1.04 bits per heavy atom. The number of halogens is 6. The zero-order chi connectivity index (χ0) is 19.0. The molecule has 0 aliphatic rings. The number of methoxy groups -OCH3 is 1. The first kappa shape index (κ1) is 20.0. The van der Waals surface area contributed by atoms with Gasteiger partial charge in [-0.05, 0) is 30.3 Å². The van der Waals surface area contributed by atoms with E-state index < -0.39 is 32.3 Å². The van der Waals surface area contributed by atoms with Crippen LogP contribution in [0, 0.1) is 0 Å². The van der Waals surface area contributed by atoms with Crippen LogP contribution in [0.2, 0.25) is 15.1 Å². The minimum atomic E-state index is -4.66. The summed E-state index contributed by atoms with van der Waals surface area (Å²) >= 11 is 17.6. The quantitative estimate of drug-likeness (QED) is 0.694. The molecule has 4 nitrogen and oxygen atoms in total. The average molecular weight is 435 g/mol. The van der Waals surface area contributed by atoms with E-state index >= 15 is 0 Å². The molecule has 1 N–H and O–H groups in total. The molecule has 0 aromatic heterocycles. The van der Waals surface area contributed by atoms with Crippen LogP contribution in [0.15, 0.2) is 35.2 Å². The van der Waals surface area contributed by atoms with Crippen molar-refractivity contribution in [1.29, 1.82) is 0 Å². The van der Waals surface area contributed by atoms with Crippen molar-refractivity contribution >= 4 is 50.5 Å². The van der Waals surface area contributed by atoms with Gasteiger partial charge in [-0.3, -0.25) is 4.72 Å². The van der Waals surface area contributed by atoms with Crippen LogP contribution in [-0.2, 0) is 16.2 Å². The van der Waals surface area contributed by atoms with E-state index in [9.17, 15) is 21.6 Å². The lowest BCUT2D eigenvalue weighted by Crippen LogP contribution is -2.15. The lowest BCUT2D eigenvalue weighted by molar-refractivity contribution is -0.137. The maximum atomic E-state index is 12.8. The average Bonchev–Trinajstić information content (AvgIpc) is 2.50. The predicted octanol–water partition coefficient (Wildman–Crippen LogP) is 5.48. The lowest BCUT2D eigenvalue weighted by atomic mass is 10.2. The molecule has 2 aromatic rings. The fraction of sp³-hybridized carbons (Fsp3) is 0.143. The third kappa shape index (κ3) is 4.25. The molecule has 0 atom stereocenters. The van der Waals surface area contributed by atoms with Gasteiger partial charge in [0.15, 0.2) is 0 Å². The second-order valence-electron chi connectivity index (χ2n) is 4.69. The van der Waals surface area contributed by atoms with Crippen molar-refractivity contribution in [3.8, 4) is 5.75 Å². The van der Waals surface area contributed by atoms with Crippen molar-refractivity contribution in [3.05, 3.63) is 51.0 Å². The van der Waals surface area contributed by atoms with E-state index in [0.717, 1.165) is 18.2 Å². The van der Waals surface area contributed by atoms with Crippen molar-refractivity contribution in [2.24, 2.45) is 0 Å². The third-order valence-corrected chi connectivity index (χ3v) is 5.77. The van der Waals surface area contributed by atoms with Gasteiger partial charge in [0.2, 0.25) is 0 Å². The Balaban J connectivity index is 2.49. The van der Waals surface area contributed by atoms with Crippen LogP contribution in [-0.4, -0.2) is 15.5 Å². The molecule has 0 unspecified atom stereocenters. The summed E-state index contributed by atoms with van der Waals surface area (Å²) in [7, 11) is -3.04. The van der Waals surface area contributed by atoms with E-state index in [4.69, 9.17) is 39.5 Å². The number of ether oxygens (including phenoxy) is 1. The SMILES string of the molecule is COc1ccc(S(=O)(=O)Nc2cc(C(F)(F)F)ccc2Cl)c(Cl)c1Cl. The Morgan fingerprint density at radius 3 is 2.24 bits per heavy atom. The van der Waals surface area contributed by atoms with Crippen LogP contribution in [0.3, 0.4) is 0 Å². The maximum Gasteiger partial charge on any atom is 0.416 e. The first-order chi connectivity index (χ1) is 11.5. The summed E-state index contributed by atoms with van der Waals surface area (Å²) in [5.74, 6) is 0.141. The normalized spacial score (nSPS) is 12.1. The molecule has 2 aromatic carbocycles. The van der Waals surface area contributed by atoms with Crippen molar-refractivity contribution in [3.63, 3.8) is 0 Å². The van der Waals surface area contributed by atoms with E-state index in [1.165, 1.54) is 13.2 Å². The van der Waals surface area contributed by atoms with Gasteiger partial charge in [0.1, 0.15) is 15.7 Å². The minimum absolute atomic E-state index is 0.141. The Bertz CT molecular complexity index is 918. The van der Waals surface area contributed by atoms with Crippen LogP contribution in [0.4, 0.5) is 18.9 Å². The summed E-state index contributed by atoms with van der Waals surface area (Å²) in [6, 6.07) is 4.62. The summed E-state index contributed by atoms with van der Waals surface area (Å²) < 4.78 is 70.1. The van der Waals surface area contributed by atoms with Crippen LogP contribution in [0.25, 0.3) is 0 Å². The fourth-order valence-electron chi connectivity index (χ4n) is 1.86. The molecule has 25 heavy (non-hydrogen) atoms. The summed E-state index contributed by atoms with van der Waals surface area (Å²) in [6.07, 6.45) is -4.66. The smallest absolute Gasteiger partial charge is 0.416 e. The molecule has 0 radical (unpaired) electrons. The highest BCUT2D eigenvalue weighted by Gasteiger charge is 2.32. The molecule has 0 heterocycles. The van der Waals surface area contributed by atoms with Gasteiger partial charge in [-0.15, -0.1) is 0 Å². The first-order valence-electron chi connectivity index (χ1n) is 6.39. The first-order valence-corrected chi connectivity index (χ1v) is 9.00. The topological polar surface area (TPSA) is 55.4 Å². The third-order valence-electron chi connectivity index (χ3n) is 3.06. The zero-order valence-corrected chi connectivity index (χ0v) is 15.4.